The minimum absolute atomic E-state index is 0.0614. The van der Waals surface area contributed by atoms with Gasteiger partial charge in [0, 0.05) is 19.2 Å². The zero-order valence-corrected chi connectivity index (χ0v) is 18.8. The molecule has 0 spiro atoms. The number of rotatable bonds is 7. The molecule has 4 atom stereocenters. The van der Waals surface area contributed by atoms with Crippen LogP contribution in [-0.2, 0) is 14.3 Å². The number of piperidine rings is 1. The van der Waals surface area contributed by atoms with E-state index in [0.29, 0.717) is 17.7 Å². The van der Waals surface area contributed by atoms with Crippen LogP contribution in [0.2, 0.25) is 0 Å². The number of aliphatic hydroxyl groups is 2. The molecule has 4 rings (SSSR count). The topological polar surface area (TPSA) is 164 Å². The molecule has 13 nitrogen and oxygen atoms in total. The van der Waals surface area contributed by atoms with E-state index in [9.17, 15) is 19.8 Å². The lowest BCUT2D eigenvalue weighted by atomic mass is 10.1. The first-order valence-corrected chi connectivity index (χ1v) is 11.2. The van der Waals surface area contributed by atoms with E-state index in [-0.39, 0.29) is 18.3 Å². The van der Waals surface area contributed by atoms with Crippen LogP contribution in [0.4, 0.5) is 10.6 Å². The summed E-state index contributed by atoms with van der Waals surface area (Å²) in [5.41, 5.74) is 0.613. The summed E-state index contributed by atoms with van der Waals surface area (Å²) in [5, 5.41) is 26.0. The molecule has 2 aliphatic rings. The fourth-order valence-corrected chi connectivity index (χ4v) is 4.12. The zero-order valence-electron chi connectivity index (χ0n) is 18.8. The van der Waals surface area contributed by atoms with Crippen LogP contribution in [-0.4, -0.2) is 98.2 Å². The summed E-state index contributed by atoms with van der Waals surface area (Å²) in [6.45, 7) is 2.74. The van der Waals surface area contributed by atoms with Crippen molar-refractivity contribution in [2.24, 2.45) is 0 Å². The Morgan fingerprint density at radius 2 is 2.00 bits per heavy atom. The van der Waals surface area contributed by atoms with Gasteiger partial charge in [-0.25, -0.2) is 19.7 Å². The predicted molar refractivity (Wildman–Crippen MR) is 120 cm³/mol. The third-order valence-corrected chi connectivity index (χ3v) is 5.93. The number of aromatic nitrogens is 4. The molecule has 2 aliphatic heterocycles. The molecule has 2 fully saturated rings. The minimum atomic E-state index is -1.30. The number of imidazole rings is 1. The molecule has 0 unspecified atom stereocenters. The van der Waals surface area contributed by atoms with Crippen molar-refractivity contribution in [1.29, 1.82) is 0 Å². The standard InChI is InChI=1S/C21H29N7O6/c1-33-21(32)22-10-13-16(30)17(31)20(34-13)28-12-25-15-18(23-11-24-19(15)28)26-14(29)6-5-9-27-7-3-2-4-8-27/h5-6,11-13,16-17,20,30-31H,2-4,7-10H2,1H3,(H,22,32)(H,23,24,26,29)/b6-5+/t13-,16-,17-,20-/m1/s1. The van der Waals surface area contributed by atoms with Gasteiger partial charge in [-0.3, -0.25) is 14.3 Å². The van der Waals surface area contributed by atoms with Gasteiger partial charge in [-0.1, -0.05) is 12.5 Å². The molecule has 0 aliphatic carbocycles. The maximum atomic E-state index is 12.4. The predicted octanol–water partition coefficient (Wildman–Crippen LogP) is -0.218. The van der Waals surface area contributed by atoms with E-state index in [2.05, 4.69) is 35.2 Å². The average Bonchev–Trinajstić information content (AvgIpc) is 3.40. The van der Waals surface area contributed by atoms with Crippen molar-refractivity contribution in [3.05, 3.63) is 24.8 Å². The maximum absolute atomic E-state index is 12.4. The Morgan fingerprint density at radius 1 is 1.21 bits per heavy atom. The molecule has 4 heterocycles. The zero-order chi connectivity index (χ0) is 24.1. The fourth-order valence-electron chi connectivity index (χ4n) is 4.12. The minimum Gasteiger partial charge on any atom is -0.453 e. The molecule has 2 saturated heterocycles. The number of likely N-dealkylation sites (tertiary alicyclic amines) is 1. The van der Waals surface area contributed by atoms with Crippen LogP contribution >= 0.6 is 0 Å². The summed E-state index contributed by atoms with van der Waals surface area (Å²) in [6, 6.07) is 0. The maximum Gasteiger partial charge on any atom is 0.406 e. The van der Waals surface area contributed by atoms with Crippen LogP contribution in [0.1, 0.15) is 25.5 Å². The summed E-state index contributed by atoms with van der Waals surface area (Å²) < 4.78 is 11.7. The van der Waals surface area contributed by atoms with Gasteiger partial charge in [-0.15, -0.1) is 0 Å². The second-order valence-corrected chi connectivity index (χ2v) is 8.22. The molecule has 2 aromatic rings. The third-order valence-electron chi connectivity index (χ3n) is 5.93. The van der Waals surface area contributed by atoms with Gasteiger partial charge in [0.15, 0.2) is 23.2 Å². The Hall–Kier alpha value is -3.13. The quantitative estimate of drug-likeness (QED) is 0.394. The number of carbonyl (C=O) groups is 2. The Kier molecular flexibility index (Phi) is 7.67. The Balaban J connectivity index is 1.43. The van der Waals surface area contributed by atoms with Crippen molar-refractivity contribution >= 4 is 29.0 Å². The highest BCUT2D eigenvalue weighted by atomic mass is 16.6. The number of nitrogens with zero attached hydrogens (tertiary/aromatic N) is 5. The van der Waals surface area contributed by atoms with E-state index >= 15 is 0 Å². The number of hydrogen-bond donors (Lipinski definition) is 4. The first-order valence-electron chi connectivity index (χ1n) is 11.2. The number of hydrogen-bond acceptors (Lipinski definition) is 10. The van der Waals surface area contributed by atoms with Gasteiger partial charge in [0.2, 0.25) is 5.91 Å². The van der Waals surface area contributed by atoms with Crippen LogP contribution in [0.25, 0.3) is 11.2 Å². The van der Waals surface area contributed by atoms with Crippen LogP contribution in [0.5, 0.6) is 0 Å². The molecule has 0 saturated carbocycles. The molecular weight excluding hydrogens is 446 g/mol. The smallest absolute Gasteiger partial charge is 0.406 e. The van der Waals surface area contributed by atoms with Gasteiger partial charge in [-0.2, -0.15) is 0 Å². The van der Waals surface area contributed by atoms with Gasteiger partial charge >= 0.3 is 6.09 Å². The molecule has 184 valence electrons. The van der Waals surface area contributed by atoms with Gasteiger partial charge in [0.1, 0.15) is 24.6 Å². The fraction of sp³-hybridized carbons (Fsp3) is 0.571. The average molecular weight is 476 g/mol. The number of amides is 2. The first-order chi connectivity index (χ1) is 16.5. The van der Waals surface area contributed by atoms with Gasteiger partial charge in [0.25, 0.3) is 0 Å². The molecule has 4 N–H and O–H groups in total. The van der Waals surface area contributed by atoms with E-state index in [1.807, 2.05) is 6.08 Å². The normalized spacial score (nSPS) is 25.6. The molecule has 0 bridgehead atoms. The van der Waals surface area contributed by atoms with E-state index in [4.69, 9.17) is 4.74 Å². The van der Waals surface area contributed by atoms with Gasteiger partial charge < -0.3 is 30.3 Å². The highest BCUT2D eigenvalue weighted by Gasteiger charge is 2.44. The SMILES string of the molecule is COC(=O)NC[C@H]1O[C@@H](n2cnc3c(NC(=O)/C=C/CN4CCCCC4)ncnc32)[C@H](O)[C@@H]1O. The highest BCUT2D eigenvalue weighted by Crippen LogP contribution is 2.32. The van der Waals surface area contributed by atoms with Gasteiger partial charge in [0.05, 0.1) is 13.4 Å². The van der Waals surface area contributed by atoms with Crippen molar-refractivity contribution in [1.82, 2.24) is 29.7 Å². The van der Waals surface area contributed by atoms with Crippen molar-refractivity contribution < 1.29 is 29.3 Å². The molecule has 2 aromatic heterocycles. The second kappa shape index (κ2) is 10.9. The van der Waals surface area contributed by atoms with E-state index in [1.54, 1.807) is 0 Å². The summed E-state index contributed by atoms with van der Waals surface area (Å²) in [5.74, 6) is -0.124. The van der Waals surface area contributed by atoms with E-state index < -0.39 is 30.6 Å². The molecule has 34 heavy (non-hydrogen) atoms. The Morgan fingerprint density at radius 3 is 2.76 bits per heavy atom. The first kappa shape index (κ1) is 24.0. The molecule has 13 heteroatoms. The van der Waals surface area contributed by atoms with Crippen molar-refractivity contribution in [2.45, 2.75) is 43.8 Å². The molecular formula is C21H29N7O6. The lowest BCUT2D eigenvalue weighted by molar-refractivity contribution is -0.111. The molecule has 2 amide bonds. The van der Waals surface area contributed by atoms with Crippen LogP contribution < -0.4 is 10.6 Å². The number of aliphatic hydroxyl groups excluding tert-OH is 2. The van der Waals surface area contributed by atoms with E-state index in [0.717, 1.165) is 13.1 Å². The molecule has 0 aromatic carbocycles. The largest absolute Gasteiger partial charge is 0.453 e. The van der Waals surface area contributed by atoms with Crippen molar-refractivity contribution in [3.8, 4) is 0 Å². The number of fused-ring (bicyclic) bond motifs is 1. The number of ether oxygens (including phenoxy) is 2. The summed E-state index contributed by atoms with van der Waals surface area (Å²) in [4.78, 5) is 38.6. The number of anilines is 1. The number of carbonyl (C=O) groups excluding carboxylic acids is 2. The Bertz CT molecular complexity index is 1040. The summed E-state index contributed by atoms with van der Waals surface area (Å²) in [7, 11) is 1.22. The second-order valence-electron chi connectivity index (χ2n) is 8.22. The number of nitrogens with one attached hydrogen (secondary N) is 2. The summed E-state index contributed by atoms with van der Waals surface area (Å²) >= 11 is 0. The molecule has 0 radical (unpaired) electrons. The van der Waals surface area contributed by atoms with Gasteiger partial charge in [-0.05, 0) is 25.9 Å². The lowest BCUT2D eigenvalue weighted by Crippen LogP contribution is -2.39. The van der Waals surface area contributed by atoms with E-state index in [1.165, 1.54) is 49.7 Å². The monoisotopic (exact) mass is 475 g/mol. The number of alkyl carbamates (subject to hydrolysis) is 1. The third kappa shape index (κ3) is 5.33. The Labute approximate surface area is 195 Å². The summed E-state index contributed by atoms with van der Waals surface area (Å²) in [6.07, 6.45) is 4.45. The van der Waals surface area contributed by atoms with Crippen molar-refractivity contribution in [2.75, 3.05) is 38.6 Å². The highest BCUT2D eigenvalue weighted by molar-refractivity contribution is 6.02. The van der Waals surface area contributed by atoms with Crippen LogP contribution in [0.3, 0.4) is 0 Å². The van der Waals surface area contributed by atoms with Crippen molar-refractivity contribution in [3.63, 3.8) is 0 Å². The number of methoxy groups -OCH3 is 1. The van der Waals surface area contributed by atoms with Crippen LogP contribution in [0.15, 0.2) is 24.8 Å². The van der Waals surface area contributed by atoms with Crippen LogP contribution in [0, 0.1) is 0 Å². The lowest BCUT2D eigenvalue weighted by Gasteiger charge is -2.24.